The van der Waals surface area contributed by atoms with Gasteiger partial charge >= 0.3 is 0 Å². The smallest absolute Gasteiger partial charge is 0.0978 e. The Bertz CT molecular complexity index is 4210. The van der Waals surface area contributed by atoms with E-state index in [2.05, 4.69) is 301 Å². The van der Waals surface area contributed by atoms with E-state index in [4.69, 9.17) is 30.0 Å². The molecule has 0 saturated heterocycles. The van der Waals surface area contributed by atoms with Gasteiger partial charge in [-0.05, 0) is 239 Å². The molecule has 91 heavy (non-hydrogen) atoms. The van der Waals surface area contributed by atoms with Gasteiger partial charge in [0.25, 0.3) is 0 Å². The van der Waals surface area contributed by atoms with Crippen LogP contribution in [0.5, 0.6) is 0 Å². The average Bonchev–Trinajstić information content (AvgIpc) is 1.62. The molecule has 0 N–H and O–H groups in total. The first kappa shape index (κ1) is 61.2. The summed E-state index contributed by atoms with van der Waals surface area (Å²) in [5.74, 6) is 0. The van der Waals surface area contributed by atoms with Crippen LogP contribution in [0.3, 0.4) is 0 Å². The van der Waals surface area contributed by atoms with Crippen LogP contribution in [0.1, 0.15) is 100 Å². The van der Waals surface area contributed by atoms with E-state index < -0.39 is 0 Å². The minimum Gasteiger partial charge on any atom is -0.246 e. The summed E-state index contributed by atoms with van der Waals surface area (Å²) in [7, 11) is 0. The second kappa shape index (κ2) is 25.5. The van der Waals surface area contributed by atoms with Crippen molar-refractivity contribution in [1.29, 1.82) is 0 Å². The third-order valence-electron chi connectivity index (χ3n) is 16.6. The molecule has 3 aliphatic rings. The quantitative estimate of drug-likeness (QED) is 0.159. The van der Waals surface area contributed by atoms with E-state index in [1.54, 1.807) is 0 Å². The van der Waals surface area contributed by atoms with Crippen molar-refractivity contribution in [2.24, 2.45) is 30.0 Å². The Morgan fingerprint density at radius 1 is 0.176 bits per heavy atom. The predicted octanol–water partition coefficient (Wildman–Crippen LogP) is 22.0. The van der Waals surface area contributed by atoms with Gasteiger partial charge in [-0.15, -0.1) is 0 Å². The van der Waals surface area contributed by atoms with E-state index in [1.807, 2.05) is 0 Å². The number of benzene rings is 12. The third kappa shape index (κ3) is 12.9. The van der Waals surface area contributed by atoms with Crippen molar-refractivity contribution < 1.29 is 17.4 Å². The van der Waals surface area contributed by atoms with Gasteiger partial charge < -0.3 is 0 Å². The van der Waals surface area contributed by atoms with E-state index in [0.717, 1.165) is 102 Å². The molecule has 444 valence electrons. The maximum atomic E-state index is 5.13. The molecule has 6 nitrogen and oxygen atoms in total. The van der Waals surface area contributed by atoms with Crippen LogP contribution in [0.15, 0.2) is 248 Å². The Hall–Kier alpha value is -10.0. The van der Waals surface area contributed by atoms with E-state index >= 15 is 0 Å². The van der Waals surface area contributed by atoms with Crippen LogP contribution < -0.4 is 0 Å². The van der Waals surface area contributed by atoms with Gasteiger partial charge in [-0.3, -0.25) is 0 Å². The Morgan fingerprint density at radius 3 is 0.440 bits per heavy atom. The van der Waals surface area contributed by atoms with E-state index in [9.17, 15) is 0 Å². The molecule has 0 bridgehead atoms. The van der Waals surface area contributed by atoms with Gasteiger partial charge in [-0.1, -0.05) is 146 Å². The molecule has 0 atom stereocenters. The molecule has 12 aromatic carbocycles. The van der Waals surface area contributed by atoms with Crippen molar-refractivity contribution in [3.05, 3.63) is 319 Å². The first-order valence-corrected chi connectivity index (χ1v) is 31.0. The number of aliphatic imine (C=N–C) groups is 6. The normalized spacial score (nSPS) is 15.3. The van der Waals surface area contributed by atoms with Crippen LogP contribution in [0, 0.1) is 83.1 Å². The summed E-state index contributed by atoms with van der Waals surface area (Å²) in [6.45, 7) is 25.4. The van der Waals surface area contributed by atoms with Crippen molar-refractivity contribution in [2.75, 3.05) is 0 Å². The van der Waals surface area contributed by atoms with Crippen LogP contribution in [-0.4, -0.2) is 34.3 Å². The summed E-state index contributed by atoms with van der Waals surface area (Å²) in [6, 6.07) is 77.3. The minimum absolute atomic E-state index is 0. The molecule has 0 aromatic heterocycles. The summed E-state index contributed by atoms with van der Waals surface area (Å²) in [5.41, 5.74) is 33.1. The van der Waals surface area contributed by atoms with Gasteiger partial charge in [-0.25, -0.2) is 30.0 Å². The molecule has 0 heterocycles. The van der Waals surface area contributed by atoms with Crippen LogP contribution in [0.4, 0.5) is 34.1 Å². The van der Waals surface area contributed by atoms with Gasteiger partial charge in [-0.2, -0.15) is 0 Å². The van der Waals surface area contributed by atoms with Crippen molar-refractivity contribution in [2.45, 2.75) is 83.1 Å². The van der Waals surface area contributed by atoms with Crippen LogP contribution in [0.25, 0.3) is 32.3 Å². The maximum Gasteiger partial charge on any atom is 0.0978 e. The molecule has 7 heteroatoms. The fourth-order valence-corrected chi connectivity index (χ4v) is 13.5. The van der Waals surface area contributed by atoms with Crippen LogP contribution in [-0.2, 0) is 17.4 Å². The summed E-state index contributed by atoms with van der Waals surface area (Å²) < 4.78 is 0. The van der Waals surface area contributed by atoms with Crippen molar-refractivity contribution in [3.8, 4) is 0 Å². The third-order valence-corrected chi connectivity index (χ3v) is 16.6. The second-order valence-corrected chi connectivity index (χ2v) is 25.0. The van der Waals surface area contributed by atoms with Crippen LogP contribution >= 0.6 is 0 Å². The Morgan fingerprint density at radius 2 is 0.308 bits per heavy atom. The fraction of sp³-hybridized carbons (Fsp3) is 0.143. The largest absolute Gasteiger partial charge is 0.246 e. The zero-order valence-corrected chi connectivity index (χ0v) is 55.2. The Labute approximate surface area is 546 Å². The Kier molecular flexibility index (Phi) is 17.1. The molecular formula is C84H72CrN6. The predicted molar refractivity (Wildman–Crippen MR) is 385 cm³/mol. The molecule has 0 radical (unpaired) electrons. The average molecular weight is 1220 g/mol. The van der Waals surface area contributed by atoms with Gasteiger partial charge in [0.15, 0.2) is 0 Å². The molecule has 0 amide bonds. The topological polar surface area (TPSA) is 74.2 Å². The number of hydrogen-bond donors (Lipinski definition) is 0. The molecule has 3 aliphatic carbocycles. The monoisotopic (exact) mass is 1220 g/mol. The second-order valence-electron chi connectivity index (χ2n) is 25.0. The molecule has 0 fully saturated rings. The zero-order valence-electron chi connectivity index (χ0n) is 53.9. The van der Waals surface area contributed by atoms with Gasteiger partial charge in [0.2, 0.25) is 0 Å². The number of hydrogen-bond acceptors (Lipinski definition) is 6. The van der Waals surface area contributed by atoms with Crippen molar-refractivity contribution in [1.82, 2.24) is 0 Å². The molecule has 12 aromatic rings. The van der Waals surface area contributed by atoms with Gasteiger partial charge in [0.1, 0.15) is 0 Å². The van der Waals surface area contributed by atoms with Crippen molar-refractivity contribution in [3.63, 3.8) is 0 Å². The summed E-state index contributed by atoms with van der Waals surface area (Å²) in [5, 5.41) is 7.40. The summed E-state index contributed by atoms with van der Waals surface area (Å²) in [4.78, 5) is 30.8. The summed E-state index contributed by atoms with van der Waals surface area (Å²) >= 11 is 0. The number of nitrogens with zero attached hydrogens (tertiary/aromatic N) is 6. The SMILES string of the molecule is Cc1cc(C)cc(N=C2C(=Nc3cc(C)cc(C)c3)c3cccc4cccc2c34)c1.Cc1cc(C)cc(N=C2C(=Nc3cc(C)cc(C)c3)c3cccc4cccc2c34)c1.Cc1cc(C)cc(N=C2C(=Nc3cc(C)cc(C)c3)c3cccc4cccc2c34)c1.[Cr]. The van der Waals surface area contributed by atoms with Crippen LogP contribution in [0.2, 0.25) is 0 Å². The maximum absolute atomic E-state index is 5.13. The van der Waals surface area contributed by atoms with E-state index in [0.29, 0.717) is 0 Å². The fourth-order valence-electron chi connectivity index (χ4n) is 13.5. The molecule has 0 spiro atoms. The first-order valence-electron chi connectivity index (χ1n) is 31.0. The van der Waals surface area contributed by atoms with E-state index in [1.165, 1.54) is 99.1 Å². The Balaban J connectivity index is 0.000000131. The number of aryl methyl sites for hydroxylation is 12. The zero-order chi connectivity index (χ0) is 62.5. The minimum atomic E-state index is 0. The standard InChI is InChI=1S/3C28H24N2.Cr/c3*1-17-11-18(2)14-22(13-17)29-27-24-9-5-7-21-8-6-10-25(26(21)24)28(27)30-23-15-19(3)12-20(4)16-23;/h3*5-16H,1-4H3;. The molecule has 0 saturated carbocycles. The molecular weight excluding hydrogens is 1140 g/mol. The molecule has 15 rings (SSSR count). The number of rotatable bonds is 6. The molecule has 0 aliphatic heterocycles. The van der Waals surface area contributed by atoms with Gasteiger partial charge in [0.05, 0.1) is 68.4 Å². The first-order chi connectivity index (χ1) is 43.4. The van der Waals surface area contributed by atoms with Crippen molar-refractivity contribution >= 4 is 101 Å². The van der Waals surface area contributed by atoms with Gasteiger partial charge in [0, 0.05) is 66.9 Å². The van der Waals surface area contributed by atoms with E-state index in [-0.39, 0.29) is 17.4 Å². The summed E-state index contributed by atoms with van der Waals surface area (Å²) in [6.07, 6.45) is 0. The molecule has 0 unspecified atom stereocenters.